The van der Waals surface area contributed by atoms with Crippen LogP contribution in [0.15, 0.2) is 23.2 Å². The highest BCUT2D eigenvalue weighted by molar-refractivity contribution is 6.06. The summed E-state index contributed by atoms with van der Waals surface area (Å²) in [7, 11) is 1.67. The quantitative estimate of drug-likeness (QED) is 0.926. The van der Waals surface area contributed by atoms with Gasteiger partial charge in [-0.05, 0) is 42.5 Å². The van der Waals surface area contributed by atoms with Crippen molar-refractivity contribution in [2.24, 2.45) is 10.7 Å². The molecule has 0 saturated carbocycles. The molecule has 1 atom stereocenters. The van der Waals surface area contributed by atoms with E-state index in [1.807, 2.05) is 11.0 Å². The summed E-state index contributed by atoms with van der Waals surface area (Å²) >= 11 is 0. The minimum Gasteiger partial charge on any atom is -0.497 e. The second kappa shape index (κ2) is 5.06. The van der Waals surface area contributed by atoms with Crippen molar-refractivity contribution in [2.75, 3.05) is 13.7 Å². The molecule has 1 spiro atoms. The fourth-order valence-electron chi connectivity index (χ4n) is 3.45. The molecule has 2 aliphatic rings. The van der Waals surface area contributed by atoms with Crippen LogP contribution in [0.4, 0.5) is 4.79 Å². The minimum atomic E-state index is -0.438. The van der Waals surface area contributed by atoms with Gasteiger partial charge in [-0.15, -0.1) is 0 Å². The van der Waals surface area contributed by atoms with Crippen molar-refractivity contribution >= 4 is 11.9 Å². The van der Waals surface area contributed by atoms with Crippen LogP contribution in [0.5, 0.6) is 5.75 Å². The van der Waals surface area contributed by atoms with Crippen LogP contribution in [0, 0.1) is 0 Å². The predicted molar refractivity (Wildman–Crippen MR) is 81.8 cm³/mol. The molecular weight excluding hydrogens is 266 g/mol. The molecule has 0 bridgehead atoms. The molecule has 21 heavy (non-hydrogen) atoms. The van der Waals surface area contributed by atoms with Gasteiger partial charge in [-0.1, -0.05) is 13.0 Å². The monoisotopic (exact) mass is 287 g/mol. The molecule has 0 radical (unpaired) electrons. The normalized spacial score (nSPS) is 24.2. The Labute approximate surface area is 124 Å². The van der Waals surface area contributed by atoms with Gasteiger partial charge in [0.15, 0.2) is 0 Å². The fraction of sp³-hybridized carbons (Fsp3) is 0.500. The van der Waals surface area contributed by atoms with Crippen LogP contribution in [0.25, 0.3) is 0 Å². The molecule has 0 fully saturated rings. The lowest BCUT2D eigenvalue weighted by molar-refractivity contribution is 0.160. The van der Waals surface area contributed by atoms with E-state index in [1.165, 1.54) is 11.1 Å². The molecule has 1 heterocycles. The van der Waals surface area contributed by atoms with Gasteiger partial charge in [0.2, 0.25) is 0 Å². The summed E-state index contributed by atoms with van der Waals surface area (Å²) < 4.78 is 5.31. The molecule has 1 aromatic rings. The zero-order chi connectivity index (χ0) is 15.0. The lowest BCUT2D eigenvalue weighted by atomic mass is 9.76. The topological polar surface area (TPSA) is 67.9 Å². The number of benzene rings is 1. The Morgan fingerprint density at radius 1 is 1.43 bits per heavy atom. The van der Waals surface area contributed by atoms with E-state index < -0.39 is 5.54 Å². The van der Waals surface area contributed by atoms with E-state index in [1.54, 1.807) is 7.11 Å². The summed E-state index contributed by atoms with van der Waals surface area (Å²) in [5, 5.41) is 0. The zero-order valence-corrected chi connectivity index (χ0v) is 12.6. The first-order chi connectivity index (χ1) is 10.1. The molecule has 1 unspecified atom stereocenters. The Balaban J connectivity index is 1.99. The van der Waals surface area contributed by atoms with Gasteiger partial charge in [-0.2, -0.15) is 4.99 Å². The number of carbonyl (C=O) groups is 1. The van der Waals surface area contributed by atoms with Crippen LogP contribution >= 0.6 is 0 Å². The van der Waals surface area contributed by atoms with Crippen molar-refractivity contribution in [1.29, 1.82) is 0 Å². The highest BCUT2D eigenvalue weighted by Crippen LogP contribution is 2.38. The van der Waals surface area contributed by atoms with Crippen LogP contribution in [0.3, 0.4) is 0 Å². The SMILES string of the molecule is CCCN1C(=O)N=C(N)C12CCc1ccc(OC)cc1C2. The number of aryl methyl sites for hydroxylation is 1. The first-order valence-corrected chi connectivity index (χ1v) is 7.43. The van der Waals surface area contributed by atoms with Gasteiger partial charge in [0, 0.05) is 13.0 Å². The number of ether oxygens (including phenoxy) is 1. The van der Waals surface area contributed by atoms with E-state index >= 15 is 0 Å². The van der Waals surface area contributed by atoms with Crippen molar-refractivity contribution in [1.82, 2.24) is 4.90 Å². The standard InChI is InChI=1S/C16H21N3O2/c1-3-8-19-15(20)18-14(17)16(19)7-6-11-4-5-13(21-2)9-12(11)10-16/h4-5,9H,3,6-8,10H2,1-2H3,(H2,17,18,20). The number of amides is 2. The molecule has 3 rings (SSSR count). The Morgan fingerprint density at radius 3 is 2.95 bits per heavy atom. The van der Waals surface area contributed by atoms with Gasteiger partial charge in [-0.25, -0.2) is 4.79 Å². The van der Waals surface area contributed by atoms with Crippen LogP contribution in [-0.2, 0) is 12.8 Å². The molecule has 112 valence electrons. The average Bonchev–Trinajstić information content (AvgIpc) is 2.71. The largest absolute Gasteiger partial charge is 0.497 e. The van der Waals surface area contributed by atoms with Crippen LogP contribution < -0.4 is 10.5 Å². The Hall–Kier alpha value is -2.04. The van der Waals surface area contributed by atoms with Crippen molar-refractivity contribution in [3.05, 3.63) is 29.3 Å². The molecule has 0 saturated heterocycles. The number of methoxy groups -OCH3 is 1. The summed E-state index contributed by atoms with van der Waals surface area (Å²) in [6.45, 7) is 2.76. The second-order valence-corrected chi connectivity index (χ2v) is 5.77. The van der Waals surface area contributed by atoms with Crippen molar-refractivity contribution in [2.45, 2.75) is 38.1 Å². The number of aliphatic imine (C=N–C) groups is 1. The summed E-state index contributed by atoms with van der Waals surface area (Å²) in [5.41, 5.74) is 8.21. The summed E-state index contributed by atoms with van der Waals surface area (Å²) in [4.78, 5) is 18.0. The Kier molecular flexibility index (Phi) is 3.35. The van der Waals surface area contributed by atoms with E-state index in [0.29, 0.717) is 12.4 Å². The van der Waals surface area contributed by atoms with E-state index in [0.717, 1.165) is 31.4 Å². The number of nitrogens with zero attached hydrogens (tertiary/aromatic N) is 2. The second-order valence-electron chi connectivity index (χ2n) is 5.77. The number of hydrogen-bond donors (Lipinski definition) is 1. The molecule has 1 aliphatic heterocycles. The van der Waals surface area contributed by atoms with Gasteiger partial charge in [-0.3, -0.25) is 0 Å². The molecule has 5 heteroatoms. The first-order valence-electron chi connectivity index (χ1n) is 7.43. The number of carbonyl (C=O) groups excluding carboxylic acids is 1. The number of amidine groups is 1. The Morgan fingerprint density at radius 2 is 2.24 bits per heavy atom. The van der Waals surface area contributed by atoms with E-state index in [-0.39, 0.29) is 6.03 Å². The third kappa shape index (κ3) is 2.07. The van der Waals surface area contributed by atoms with Gasteiger partial charge in [0.25, 0.3) is 0 Å². The maximum atomic E-state index is 12.1. The van der Waals surface area contributed by atoms with Crippen molar-refractivity contribution < 1.29 is 9.53 Å². The summed E-state index contributed by atoms with van der Waals surface area (Å²) in [5.74, 6) is 1.31. The molecule has 1 aromatic carbocycles. The van der Waals surface area contributed by atoms with E-state index in [2.05, 4.69) is 24.0 Å². The number of urea groups is 1. The first kappa shape index (κ1) is 13.9. The maximum Gasteiger partial charge on any atom is 0.346 e. The minimum absolute atomic E-state index is 0.194. The zero-order valence-electron chi connectivity index (χ0n) is 12.6. The number of hydrogen-bond acceptors (Lipinski definition) is 3. The molecule has 1 aliphatic carbocycles. The van der Waals surface area contributed by atoms with E-state index in [4.69, 9.17) is 10.5 Å². The smallest absolute Gasteiger partial charge is 0.346 e. The maximum absolute atomic E-state index is 12.1. The van der Waals surface area contributed by atoms with Crippen molar-refractivity contribution in [3.63, 3.8) is 0 Å². The van der Waals surface area contributed by atoms with Crippen LogP contribution in [-0.4, -0.2) is 36.0 Å². The van der Waals surface area contributed by atoms with Crippen LogP contribution in [0.1, 0.15) is 30.9 Å². The molecule has 5 nitrogen and oxygen atoms in total. The predicted octanol–water partition coefficient (Wildman–Crippen LogP) is 2.13. The van der Waals surface area contributed by atoms with Gasteiger partial charge < -0.3 is 15.4 Å². The van der Waals surface area contributed by atoms with Crippen molar-refractivity contribution in [3.8, 4) is 5.75 Å². The number of rotatable bonds is 3. The summed E-state index contributed by atoms with van der Waals surface area (Å²) in [6.07, 6.45) is 3.37. The lowest BCUT2D eigenvalue weighted by Crippen LogP contribution is -2.57. The molecule has 2 N–H and O–H groups in total. The highest BCUT2D eigenvalue weighted by atomic mass is 16.5. The van der Waals surface area contributed by atoms with Gasteiger partial charge in [0.1, 0.15) is 17.1 Å². The molecular formula is C16H21N3O2. The fourth-order valence-corrected chi connectivity index (χ4v) is 3.45. The van der Waals surface area contributed by atoms with Crippen LogP contribution in [0.2, 0.25) is 0 Å². The third-order valence-electron chi connectivity index (χ3n) is 4.59. The molecule has 2 amide bonds. The number of nitrogens with two attached hydrogens (primary N) is 1. The van der Waals surface area contributed by atoms with Gasteiger partial charge >= 0.3 is 6.03 Å². The van der Waals surface area contributed by atoms with Gasteiger partial charge in [0.05, 0.1) is 7.11 Å². The Bertz CT molecular complexity index is 612. The third-order valence-corrected chi connectivity index (χ3v) is 4.59. The lowest BCUT2D eigenvalue weighted by Gasteiger charge is -2.41. The summed E-state index contributed by atoms with van der Waals surface area (Å²) in [6, 6.07) is 5.95. The van der Waals surface area contributed by atoms with E-state index in [9.17, 15) is 4.79 Å². The highest BCUT2D eigenvalue weighted by Gasteiger charge is 2.49. The molecule has 0 aromatic heterocycles. The average molecular weight is 287 g/mol. The number of fused-ring (bicyclic) bond motifs is 1.